The second-order valence-electron chi connectivity index (χ2n) is 13.0. The summed E-state index contributed by atoms with van der Waals surface area (Å²) in [7, 11) is 0. The maximum absolute atomic E-state index is 13.0. The van der Waals surface area contributed by atoms with Crippen LogP contribution in [-0.4, -0.2) is 69.4 Å². The summed E-state index contributed by atoms with van der Waals surface area (Å²) in [5.41, 5.74) is 5.13. The number of aromatic nitrogens is 1. The van der Waals surface area contributed by atoms with E-state index < -0.39 is 6.23 Å². The molecule has 3 heterocycles. The predicted octanol–water partition coefficient (Wildman–Crippen LogP) is 6.70. The number of hydrogen-bond donors (Lipinski definition) is 2. The molecule has 0 bridgehead atoms. The Morgan fingerprint density at radius 3 is 2.36 bits per heavy atom. The Bertz CT molecular complexity index is 1270. The smallest absolute Gasteiger partial charge is 0.225 e. The highest BCUT2D eigenvalue weighted by molar-refractivity contribution is 9.10. The topological polar surface area (TPSA) is 76.9 Å². The molecule has 2 aliphatic heterocycles. The van der Waals surface area contributed by atoms with Crippen molar-refractivity contribution in [3.8, 4) is 0 Å². The summed E-state index contributed by atoms with van der Waals surface area (Å²) in [6, 6.07) is 6.38. The normalized spacial score (nSPS) is 26.8. The zero-order valence-electron chi connectivity index (χ0n) is 24.2. The summed E-state index contributed by atoms with van der Waals surface area (Å²) in [6.45, 7) is 3.33. The number of benzene rings is 1. The van der Waals surface area contributed by atoms with Crippen molar-refractivity contribution in [1.82, 2.24) is 14.8 Å². The Morgan fingerprint density at radius 2 is 1.64 bits per heavy atom. The summed E-state index contributed by atoms with van der Waals surface area (Å²) in [6.07, 6.45) is 11.0. The van der Waals surface area contributed by atoms with Gasteiger partial charge >= 0.3 is 0 Å². The minimum atomic E-state index is -0.439. The molecule has 2 atom stereocenters. The van der Waals surface area contributed by atoms with Gasteiger partial charge in [-0.25, -0.2) is 0 Å². The van der Waals surface area contributed by atoms with E-state index in [4.69, 9.17) is 16.6 Å². The van der Waals surface area contributed by atoms with Crippen molar-refractivity contribution in [2.24, 2.45) is 17.8 Å². The molecule has 1 aromatic heterocycles. The van der Waals surface area contributed by atoms with Crippen molar-refractivity contribution in [2.45, 2.75) is 88.9 Å². The summed E-state index contributed by atoms with van der Waals surface area (Å²) < 4.78 is 2.09. The van der Waals surface area contributed by atoms with Crippen molar-refractivity contribution < 1.29 is 15.0 Å². The van der Waals surface area contributed by atoms with Gasteiger partial charge in [-0.15, -0.1) is 0 Å². The maximum Gasteiger partial charge on any atom is 0.225 e. The van der Waals surface area contributed by atoms with Gasteiger partial charge in [0, 0.05) is 58.2 Å². The number of rotatable bonds is 5. The molecule has 0 radical (unpaired) electrons. The average molecular weight is 724 g/mol. The molecule has 9 heteroatoms. The van der Waals surface area contributed by atoms with Crippen molar-refractivity contribution in [2.75, 3.05) is 26.2 Å². The van der Waals surface area contributed by atoms with Crippen LogP contribution in [0.4, 0.5) is 0 Å². The molecule has 2 saturated heterocycles. The number of amides is 1. The fourth-order valence-electron chi connectivity index (χ4n) is 8.00. The number of aryl methyl sites for hydroxylation is 2. The number of pyridine rings is 1. The van der Waals surface area contributed by atoms with Crippen LogP contribution in [0, 0.1) is 17.8 Å². The van der Waals surface area contributed by atoms with E-state index in [0.29, 0.717) is 11.8 Å². The van der Waals surface area contributed by atoms with Gasteiger partial charge in [-0.3, -0.25) is 14.7 Å². The zero-order valence-corrected chi connectivity index (χ0v) is 28.1. The molecule has 228 valence electrons. The number of nitrogens with zero attached hydrogens (tertiary/aromatic N) is 3. The molecule has 42 heavy (non-hydrogen) atoms. The fourth-order valence-corrected chi connectivity index (χ4v) is 9.50. The van der Waals surface area contributed by atoms with Gasteiger partial charge in [0.25, 0.3) is 0 Å². The molecule has 4 aliphatic rings. The second kappa shape index (κ2) is 13.5. The Balaban J connectivity index is 1.06. The number of hydrogen-bond acceptors (Lipinski definition) is 5. The van der Waals surface area contributed by atoms with Crippen molar-refractivity contribution >= 4 is 49.4 Å². The van der Waals surface area contributed by atoms with Gasteiger partial charge in [-0.1, -0.05) is 27.5 Å². The first-order chi connectivity index (χ1) is 20.3. The Kier molecular flexibility index (Phi) is 9.98. The first-order valence-corrected chi connectivity index (χ1v) is 17.7. The van der Waals surface area contributed by atoms with Crippen LogP contribution in [0.15, 0.2) is 33.3 Å². The van der Waals surface area contributed by atoms with Gasteiger partial charge in [-0.2, -0.15) is 0 Å². The molecule has 1 amide bonds. The quantitative estimate of drug-likeness (QED) is 0.359. The van der Waals surface area contributed by atoms with Gasteiger partial charge in [0.05, 0.1) is 11.8 Å². The lowest BCUT2D eigenvalue weighted by atomic mass is 9.76. The number of carbonyl (C=O) groups is 1. The lowest BCUT2D eigenvalue weighted by molar-refractivity contribution is -0.139. The molecular formula is C33H42Br2ClN3O3. The van der Waals surface area contributed by atoms with Crippen LogP contribution in [0.5, 0.6) is 0 Å². The van der Waals surface area contributed by atoms with Gasteiger partial charge in [-0.05, 0) is 133 Å². The lowest BCUT2D eigenvalue weighted by Crippen LogP contribution is -2.46. The van der Waals surface area contributed by atoms with Gasteiger partial charge in [0.1, 0.15) is 6.23 Å². The van der Waals surface area contributed by atoms with Crippen molar-refractivity contribution in [1.29, 1.82) is 0 Å². The first-order valence-electron chi connectivity index (χ1n) is 15.8. The van der Waals surface area contributed by atoms with Gasteiger partial charge < -0.3 is 15.1 Å². The largest absolute Gasteiger partial charge is 0.393 e. The van der Waals surface area contributed by atoms with E-state index in [0.717, 1.165) is 111 Å². The lowest BCUT2D eigenvalue weighted by Gasteiger charge is -2.41. The number of fused-ring (bicyclic) bond motifs is 2. The number of aliphatic hydroxyl groups is 2. The molecule has 3 fully saturated rings. The highest BCUT2D eigenvalue weighted by Crippen LogP contribution is 2.46. The molecule has 2 N–H and O–H groups in total. The standard InChI is InChI=1S/C33H42Br2ClN3O3/c34-25-16-24-2-1-23-17-26(36)18-28(35)30(23)31(32(24)37-19-25)21-9-13-38(14-10-21)29(41)15-20-7-11-39(12-8-20)33(42)22-3-5-27(40)6-4-22/h16-22,27,29,31,40-41H,1-15H2/t22?,27?,29?,31-/m1/s1. The molecule has 0 spiro atoms. The number of halogens is 3. The third-order valence-electron chi connectivity index (χ3n) is 10.4. The van der Waals surface area contributed by atoms with Crippen molar-refractivity contribution in [3.05, 3.63) is 60.7 Å². The number of aliphatic hydroxyl groups excluding tert-OH is 2. The van der Waals surface area contributed by atoms with E-state index in [1.807, 2.05) is 17.2 Å². The third kappa shape index (κ3) is 6.79. The van der Waals surface area contributed by atoms with Crippen LogP contribution < -0.4 is 0 Å². The number of piperidine rings is 2. The summed E-state index contributed by atoms with van der Waals surface area (Å²) in [4.78, 5) is 22.3. The third-order valence-corrected chi connectivity index (χ3v) is 11.7. The zero-order chi connectivity index (χ0) is 29.4. The van der Waals surface area contributed by atoms with E-state index in [2.05, 4.69) is 48.9 Å². The van der Waals surface area contributed by atoms with Gasteiger partial charge in [0.2, 0.25) is 5.91 Å². The van der Waals surface area contributed by atoms with E-state index >= 15 is 0 Å². The highest BCUT2D eigenvalue weighted by atomic mass is 79.9. The summed E-state index contributed by atoms with van der Waals surface area (Å²) in [5.74, 6) is 1.44. The molecule has 2 aliphatic carbocycles. The van der Waals surface area contributed by atoms with Crippen LogP contribution in [0.3, 0.4) is 0 Å². The molecular weight excluding hydrogens is 682 g/mol. The Morgan fingerprint density at radius 1 is 0.952 bits per heavy atom. The Hall–Kier alpha value is -1.03. The number of carbonyl (C=O) groups excluding carboxylic acids is 1. The first kappa shape index (κ1) is 31.0. The number of likely N-dealkylation sites (tertiary alicyclic amines) is 2. The van der Waals surface area contributed by atoms with Crippen LogP contribution in [0.25, 0.3) is 0 Å². The molecule has 1 saturated carbocycles. The molecule has 1 aromatic carbocycles. The van der Waals surface area contributed by atoms with Crippen LogP contribution in [-0.2, 0) is 17.6 Å². The highest BCUT2D eigenvalue weighted by Gasteiger charge is 2.37. The van der Waals surface area contributed by atoms with Gasteiger partial charge in [0.15, 0.2) is 0 Å². The molecule has 6 nitrogen and oxygen atoms in total. The maximum atomic E-state index is 13.0. The summed E-state index contributed by atoms with van der Waals surface area (Å²) >= 11 is 14.0. The monoisotopic (exact) mass is 721 g/mol. The SMILES string of the molecule is O=C(C1CCC(O)CC1)N1CCC(CC(O)N2CCC([C@H]3c4ncc(Br)cc4CCc4cc(Cl)cc(Br)c43)CC2)CC1. The van der Waals surface area contributed by atoms with E-state index in [-0.39, 0.29) is 23.8 Å². The second-order valence-corrected chi connectivity index (χ2v) is 15.2. The Labute approximate surface area is 271 Å². The van der Waals surface area contributed by atoms with Crippen LogP contribution in [0.1, 0.15) is 86.1 Å². The average Bonchev–Trinajstić information content (AvgIpc) is 3.14. The van der Waals surface area contributed by atoms with Crippen LogP contribution in [0.2, 0.25) is 5.02 Å². The summed E-state index contributed by atoms with van der Waals surface area (Å²) in [5, 5.41) is 21.8. The van der Waals surface area contributed by atoms with E-state index in [9.17, 15) is 15.0 Å². The fraction of sp³-hybridized carbons (Fsp3) is 0.636. The van der Waals surface area contributed by atoms with Crippen molar-refractivity contribution in [3.63, 3.8) is 0 Å². The minimum Gasteiger partial charge on any atom is -0.393 e. The van der Waals surface area contributed by atoms with E-state index in [1.54, 1.807) is 0 Å². The molecule has 6 rings (SSSR count). The molecule has 1 unspecified atom stereocenters. The molecule has 2 aromatic rings. The van der Waals surface area contributed by atoms with Crippen LogP contribution >= 0.6 is 43.5 Å². The van der Waals surface area contributed by atoms with E-state index in [1.165, 1.54) is 22.4 Å². The minimum absolute atomic E-state index is 0.0820. The predicted molar refractivity (Wildman–Crippen MR) is 173 cm³/mol.